The molecule has 0 spiro atoms. The maximum absolute atomic E-state index is 13.2. The van der Waals surface area contributed by atoms with Crippen LogP contribution in [0.15, 0.2) is 42.5 Å². The normalized spacial score (nSPS) is 10.9. The zero-order valence-corrected chi connectivity index (χ0v) is 14.9. The minimum Gasteiger partial charge on any atom is -0.452 e. The van der Waals surface area contributed by atoms with Crippen molar-refractivity contribution in [2.24, 2.45) is 0 Å². The standard InChI is InChI=1S/C17H17FN2O5S/c1-11-6-7-13(18)9-15(11)19-16(21)10-25-17(22)12-4-3-5-14(8-12)20-26(2,23)24/h3-9,20H,10H2,1-2H3,(H,19,21). The number of sulfonamides is 1. The second-order valence-corrected chi connectivity index (χ2v) is 7.29. The van der Waals surface area contributed by atoms with Crippen LogP contribution in [0, 0.1) is 12.7 Å². The van der Waals surface area contributed by atoms with Gasteiger partial charge in [0.05, 0.1) is 11.8 Å². The largest absolute Gasteiger partial charge is 0.452 e. The summed E-state index contributed by atoms with van der Waals surface area (Å²) in [5, 5.41) is 2.45. The lowest BCUT2D eigenvalue weighted by Crippen LogP contribution is -2.21. The van der Waals surface area contributed by atoms with Crippen LogP contribution in [-0.4, -0.2) is 33.2 Å². The van der Waals surface area contributed by atoms with E-state index in [2.05, 4.69) is 10.0 Å². The van der Waals surface area contributed by atoms with Crippen LogP contribution >= 0.6 is 0 Å². The molecular weight excluding hydrogens is 363 g/mol. The first kappa shape index (κ1) is 19.4. The van der Waals surface area contributed by atoms with E-state index in [1.807, 2.05) is 0 Å². The number of rotatable bonds is 6. The fourth-order valence-electron chi connectivity index (χ4n) is 2.05. The van der Waals surface area contributed by atoms with E-state index in [-0.39, 0.29) is 16.9 Å². The molecule has 0 aliphatic carbocycles. The second-order valence-electron chi connectivity index (χ2n) is 5.54. The van der Waals surface area contributed by atoms with Crippen LogP contribution in [0.3, 0.4) is 0 Å². The fourth-order valence-corrected chi connectivity index (χ4v) is 2.61. The predicted molar refractivity (Wildman–Crippen MR) is 95.0 cm³/mol. The third-order valence-corrected chi connectivity index (χ3v) is 3.82. The van der Waals surface area contributed by atoms with Crippen molar-refractivity contribution >= 4 is 33.3 Å². The van der Waals surface area contributed by atoms with E-state index >= 15 is 0 Å². The monoisotopic (exact) mass is 380 g/mol. The van der Waals surface area contributed by atoms with Gasteiger partial charge < -0.3 is 10.1 Å². The molecule has 2 rings (SSSR count). The summed E-state index contributed by atoms with van der Waals surface area (Å²) in [7, 11) is -3.48. The lowest BCUT2D eigenvalue weighted by Gasteiger charge is -2.10. The lowest BCUT2D eigenvalue weighted by atomic mass is 10.2. The van der Waals surface area contributed by atoms with Crippen molar-refractivity contribution in [2.45, 2.75) is 6.92 Å². The number of esters is 1. The van der Waals surface area contributed by atoms with E-state index in [1.54, 1.807) is 6.92 Å². The first-order valence-corrected chi connectivity index (χ1v) is 9.34. The molecule has 138 valence electrons. The average molecular weight is 380 g/mol. The van der Waals surface area contributed by atoms with Crippen molar-refractivity contribution in [2.75, 3.05) is 22.9 Å². The molecule has 0 saturated heterocycles. The van der Waals surface area contributed by atoms with Crippen molar-refractivity contribution < 1.29 is 27.1 Å². The molecule has 1 amide bonds. The van der Waals surface area contributed by atoms with Crippen molar-refractivity contribution in [1.82, 2.24) is 0 Å². The zero-order chi connectivity index (χ0) is 19.3. The molecule has 2 aromatic rings. The van der Waals surface area contributed by atoms with Gasteiger partial charge in [0, 0.05) is 11.4 Å². The molecule has 26 heavy (non-hydrogen) atoms. The van der Waals surface area contributed by atoms with E-state index in [0.717, 1.165) is 12.3 Å². The molecule has 0 unspecified atom stereocenters. The van der Waals surface area contributed by atoms with Gasteiger partial charge in [-0.05, 0) is 42.8 Å². The Bertz CT molecular complexity index is 944. The smallest absolute Gasteiger partial charge is 0.338 e. The number of amides is 1. The molecule has 0 aliphatic rings. The molecule has 0 saturated carbocycles. The van der Waals surface area contributed by atoms with Crippen molar-refractivity contribution in [1.29, 1.82) is 0 Å². The molecule has 0 fully saturated rings. The van der Waals surface area contributed by atoms with Crippen LogP contribution in [-0.2, 0) is 19.6 Å². The number of carbonyl (C=O) groups is 2. The van der Waals surface area contributed by atoms with E-state index in [1.165, 1.54) is 36.4 Å². The average Bonchev–Trinajstić information content (AvgIpc) is 2.54. The quantitative estimate of drug-likeness (QED) is 0.749. The van der Waals surface area contributed by atoms with Gasteiger partial charge in [0.1, 0.15) is 5.82 Å². The third-order valence-electron chi connectivity index (χ3n) is 3.21. The second kappa shape index (κ2) is 7.96. The number of carbonyl (C=O) groups excluding carboxylic acids is 2. The van der Waals surface area contributed by atoms with Gasteiger partial charge in [-0.3, -0.25) is 9.52 Å². The maximum atomic E-state index is 13.2. The molecule has 2 N–H and O–H groups in total. The SMILES string of the molecule is Cc1ccc(F)cc1NC(=O)COC(=O)c1cccc(NS(C)(=O)=O)c1. The van der Waals surface area contributed by atoms with Gasteiger partial charge >= 0.3 is 5.97 Å². The predicted octanol–water partition coefficient (Wildman–Crippen LogP) is 2.30. The lowest BCUT2D eigenvalue weighted by molar-refractivity contribution is -0.119. The molecule has 0 heterocycles. The number of nitrogens with one attached hydrogen (secondary N) is 2. The molecule has 9 heteroatoms. The highest BCUT2D eigenvalue weighted by molar-refractivity contribution is 7.92. The molecule has 7 nitrogen and oxygen atoms in total. The van der Waals surface area contributed by atoms with E-state index < -0.39 is 34.3 Å². The molecule has 0 atom stereocenters. The summed E-state index contributed by atoms with van der Waals surface area (Å²) in [5.74, 6) is -1.93. The Morgan fingerprint density at radius 3 is 2.58 bits per heavy atom. The van der Waals surface area contributed by atoms with E-state index in [0.29, 0.717) is 5.56 Å². The Labute approximate surface area is 150 Å². The summed E-state index contributed by atoms with van der Waals surface area (Å²) < 4.78 is 42.8. The van der Waals surface area contributed by atoms with Crippen LogP contribution in [0.5, 0.6) is 0 Å². The first-order valence-electron chi connectivity index (χ1n) is 7.45. The summed E-state index contributed by atoms with van der Waals surface area (Å²) in [6, 6.07) is 9.59. The van der Waals surface area contributed by atoms with Gasteiger partial charge in [0.2, 0.25) is 10.0 Å². The van der Waals surface area contributed by atoms with Crippen molar-refractivity contribution in [3.05, 3.63) is 59.4 Å². The summed E-state index contributed by atoms with van der Waals surface area (Å²) in [6.45, 7) is 1.12. The number of ether oxygens (including phenoxy) is 1. The maximum Gasteiger partial charge on any atom is 0.338 e. The van der Waals surface area contributed by atoms with Crippen LogP contribution in [0.25, 0.3) is 0 Å². The molecule has 0 aliphatic heterocycles. The van der Waals surface area contributed by atoms with Crippen LogP contribution in [0.4, 0.5) is 15.8 Å². The van der Waals surface area contributed by atoms with Gasteiger partial charge in [-0.15, -0.1) is 0 Å². The number of benzene rings is 2. The van der Waals surface area contributed by atoms with Gasteiger partial charge in [-0.2, -0.15) is 0 Å². The Morgan fingerprint density at radius 2 is 1.88 bits per heavy atom. The number of hydrogen-bond acceptors (Lipinski definition) is 5. The van der Waals surface area contributed by atoms with Gasteiger partial charge in [-0.25, -0.2) is 17.6 Å². The highest BCUT2D eigenvalue weighted by Gasteiger charge is 2.13. The molecular formula is C17H17FN2O5S. The number of halogens is 1. The Kier molecular flexibility index (Phi) is 5.93. The summed E-state index contributed by atoms with van der Waals surface area (Å²) in [6.07, 6.45) is 0.983. The van der Waals surface area contributed by atoms with Crippen molar-refractivity contribution in [3.8, 4) is 0 Å². The number of anilines is 2. The number of hydrogen-bond donors (Lipinski definition) is 2. The Hall–Kier alpha value is -2.94. The minimum absolute atomic E-state index is 0.0772. The van der Waals surface area contributed by atoms with Crippen molar-refractivity contribution in [3.63, 3.8) is 0 Å². The summed E-state index contributed by atoms with van der Waals surface area (Å²) in [5.41, 5.74) is 1.21. The Balaban J connectivity index is 1.97. The van der Waals surface area contributed by atoms with E-state index in [9.17, 15) is 22.4 Å². The van der Waals surface area contributed by atoms with Gasteiger partial charge in [0.15, 0.2) is 6.61 Å². The number of aryl methyl sites for hydroxylation is 1. The molecule has 0 bridgehead atoms. The fraction of sp³-hybridized carbons (Fsp3) is 0.176. The van der Waals surface area contributed by atoms with Crippen LogP contribution in [0.1, 0.15) is 15.9 Å². The minimum atomic E-state index is -3.48. The van der Waals surface area contributed by atoms with Gasteiger partial charge in [0.25, 0.3) is 5.91 Å². The third kappa shape index (κ3) is 5.85. The molecule has 0 aromatic heterocycles. The molecule has 0 radical (unpaired) electrons. The van der Waals surface area contributed by atoms with Gasteiger partial charge in [-0.1, -0.05) is 12.1 Å². The Morgan fingerprint density at radius 1 is 1.15 bits per heavy atom. The van der Waals surface area contributed by atoms with E-state index in [4.69, 9.17) is 4.74 Å². The topological polar surface area (TPSA) is 102 Å². The highest BCUT2D eigenvalue weighted by Crippen LogP contribution is 2.16. The van der Waals surface area contributed by atoms with Crippen LogP contribution < -0.4 is 10.0 Å². The summed E-state index contributed by atoms with van der Waals surface area (Å²) >= 11 is 0. The van der Waals surface area contributed by atoms with Crippen LogP contribution in [0.2, 0.25) is 0 Å². The molecule has 2 aromatic carbocycles. The zero-order valence-electron chi connectivity index (χ0n) is 14.1. The highest BCUT2D eigenvalue weighted by atomic mass is 32.2. The first-order chi connectivity index (χ1) is 12.1. The summed E-state index contributed by atoms with van der Waals surface area (Å²) in [4.78, 5) is 23.9.